The third-order valence-electron chi connectivity index (χ3n) is 4.47. The number of aliphatic carboxylic acids is 1. The first-order valence-electron chi connectivity index (χ1n) is 8.54. The number of nitrogens with zero attached hydrogens (tertiary/aromatic N) is 1. The predicted octanol–water partition coefficient (Wildman–Crippen LogP) is 3.91. The van der Waals surface area contributed by atoms with Gasteiger partial charge in [-0.15, -0.1) is 0 Å². The summed E-state index contributed by atoms with van der Waals surface area (Å²) in [6.45, 7) is 1.24. The second-order valence-corrected chi connectivity index (χ2v) is 6.33. The maximum Gasteiger partial charge on any atom is 0.317 e. The van der Waals surface area contributed by atoms with E-state index in [1.807, 2.05) is 29.2 Å². The van der Waals surface area contributed by atoms with Crippen LogP contribution >= 0.6 is 0 Å². The summed E-state index contributed by atoms with van der Waals surface area (Å²) in [5, 5.41) is 9.00. The first-order valence-corrected chi connectivity index (χ1v) is 8.54. The van der Waals surface area contributed by atoms with Crippen molar-refractivity contribution >= 4 is 5.97 Å². The van der Waals surface area contributed by atoms with Gasteiger partial charge in [-0.25, -0.2) is 4.39 Å². The minimum Gasteiger partial charge on any atom is -0.480 e. The smallest absolute Gasteiger partial charge is 0.317 e. The molecular weight excluding hydrogens is 321 g/mol. The standard InChI is InChI=1S/C20H22FNO3/c21-18-10-8-17(9-11-18)16-6-4-15(5-7-16)14-25-19-3-1-2-12-22(19)13-20(23)24/h4-11,19H,1-3,12-14H2,(H,23,24). The van der Waals surface area contributed by atoms with Crippen LogP contribution in [-0.4, -0.2) is 35.3 Å². The highest BCUT2D eigenvalue weighted by Gasteiger charge is 2.24. The lowest BCUT2D eigenvalue weighted by atomic mass is 10.0. The molecule has 4 nitrogen and oxygen atoms in total. The zero-order valence-corrected chi connectivity index (χ0v) is 14.0. The number of hydrogen-bond acceptors (Lipinski definition) is 3. The van der Waals surface area contributed by atoms with E-state index in [1.54, 1.807) is 12.1 Å². The number of rotatable bonds is 6. The Bertz CT molecular complexity index is 700. The van der Waals surface area contributed by atoms with Gasteiger partial charge in [0.05, 0.1) is 13.2 Å². The van der Waals surface area contributed by atoms with E-state index < -0.39 is 5.97 Å². The van der Waals surface area contributed by atoms with Crippen molar-refractivity contribution in [3.63, 3.8) is 0 Å². The number of halogens is 1. The molecule has 0 spiro atoms. The highest BCUT2D eigenvalue weighted by molar-refractivity contribution is 5.69. The van der Waals surface area contributed by atoms with Crippen LogP contribution in [0.4, 0.5) is 4.39 Å². The molecule has 1 heterocycles. The summed E-state index contributed by atoms with van der Waals surface area (Å²) >= 11 is 0. The fourth-order valence-electron chi connectivity index (χ4n) is 3.13. The van der Waals surface area contributed by atoms with Crippen molar-refractivity contribution in [3.05, 3.63) is 59.9 Å². The van der Waals surface area contributed by atoms with E-state index in [0.717, 1.165) is 42.5 Å². The van der Waals surface area contributed by atoms with Crippen molar-refractivity contribution < 1.29 is 19.0 Å². The van der Waals surface area contributed by atoms with E-state index in [-0.39, 0.29) is 18.6 Å². The SMILES string of the molecule is O=C(O)CN1CCCCC1OCc1ccc(-c2ccc(F)cc2)cc1. The highest BCUT2D eigenvalue weighted by Crippen LogP contribution is 2.22. The number of carbonyl (C=O) groups is 1. The maximum atomic E-state index is 13.0. The number of ether oxygens (including phenoxy) is 1. The van der Waals surface area contributed by atoms with E-state index >= 15 is 0 Å². The molecule has 2 aromatic carbocycles. The molecule has 0 radical (unpaired) electrons. The van der Waals surface area contributed by atoms with Crippen LogP contribution in [0, 0.1) is 5.82 Å². The molecule has 25 heavy (non-hydrogen) atoms. The van der Waals surface area contributed by atoms with Gasteiger partial charge in [0.15, 0.2) is 0 Å². The summed E-state index contributed by atoms with van der Waals surface area (Å²) in [6, 6.07) is 14.4. The summed E-state index contributed by atoms with van der Waals surface area (Å²) in [5.74, 6) is -1.06. The van der Waals surface area contributed by atoms with Crippen LogP contribution < -0.4 is 0 Å². The number of hydrogen-bond donors (Lipinski definition) is 1. The quantitative estimate of drug-likeness (QED) is 0.864. The van der Waals surface area contributed by atoms with Gasteiger partial charge in [-0.1, -0.05) is 36.4 Å². The van der Waals surface area contributed by atoms with Crippen molar-refractivity contribution in [1.82, 2.24) is 4.90 Å². The predicted molar refractivity (Wildman–Crippen MR) is 93.5 cm³/mol. The van der Waals surface area contributed by atoms with Crippen LogP contribution in [0.25, 0.3) is 11.1 Å². The normalized spacial score (nSPS) is 18.2. The molecule has 1 unspecified atom stereocenters. The Morgan fingerprint density at radius 2 is 1.72 bits per heavy atom. The molecule has 0 saturated carbocycles. The average Bonchev–Trinajstić information content (AvgIpc) is 2.62. The van der Waals surface area contributed by atoms with Gasteiger partial charge in [0.2, 0.25) is 0 Å². The van der Waals surface area contributed by atoms with Gasteiger partial charge in [0, 0.05) is 6.54 Å². The second-order valence-electron chi connectivity index (χ2n) is 6.33. The average molecular weight is 343 g/mol. The number of piperidine rings is 1. The lowest BCUT2D eigenvalue weighted by molar-refractivity contribution is -0.146. The van der Waals surface area contributed by atoms with Crippen molar-refractivity contribution in [2.75, 3.05) is 13.1 Å². The van der Waals surface area contributed by atoms with Crippen LogP contribution in [-0.2, 0) is 16.1 Å². The summed E-state index contributed by atoms with van der Waals surface area (Å²) in [5.41, 5.74) is 3.02. The van der Waals surface area contributed by atoms with Crippen LogP contribution in [0.3, 0.4) is 0 Å². The zero-order valence-electron chi connectivity index (χ0n) is 14.0. The van der Waals surface area contributed by atoms with Gasteiger partial charge < -0.3 is 9.84 Å². The topological polar surface area (TPSA) is 49.8 Å². The van der Waals surface area contributed by atoms with E-state index in [9.17, 15) is 9.18 Å². The Hall–Kier alpha value is -2.24. The van der Waals surface area contributed by atoms with Crippen LogP contribution in [0.2, 0.25) is 0 Å². The van der Waals surface area contributed by atoms with E-state index in [2.05, 4.69) is 0 Å². The van der Waals surface area contributed by atoms with Crippen molar-refractivity contribution in [2.24, 2.45) is 0 Å². The molecule has 1 aliphatic heterocycles. The fraction of sp³-hybridized carbons (Fsp3) is 0.350. The molecule has 0 amide bonds. The number of benzene rings is 2. The summed E-state index contributed by atoms with van der Waals surface area (Å²) in [7, 11) is 0. The Morgan fingerprint density at radius 3 is 2.36 bits per heavy atom. The van der Waals surface area contributed by atoms with Gasteiger partial charge in [0.25, 0.3) is 0 Å². The van der Waals surface area contributed by atoms with E-state index in [0.29, 0.717) is 6.61 Å². The minimum atomic E-state index is -0.820. The molecule has 1 N–H and O–H groups in total. The molecule has 5 heteroatoms. The van der Waals surface area contributed by atoms with Crippen LogP contribution in [0.15, 0.2) is 48.5 Å². The van der Waals surface area contributed by atoms with Crippen molar-refractivity contribution in [3.8, 4) is 11.1 Å². The summed E-state index contributed by atoms with van der Waals surface area (Å²) in [4.78, 5) is 12.8. The van der Waals surface area contributed by atoms with Crippen molar-refractivity contribution in [2.45, 2.75) is 32.1 Å². The Balaban J connectivity index is 1.59. The van der Waals surface area contributed by atoms with Gasteiger partial charge in [-0.05, 0) is 48.1 Å². The summed E-state index contributed by atoms with van der Waals surface area (Å²) < 4.78 is 19.0. The number of likely N-dealkylation sites (tertiary alicyclic amines) is 1. The Labute approximate surface area is 146 Å². The first kappa shape index (κ1) is 17.6. The lowest BCUT2D eigenvalue weighted by Gasteiger charge is -2.34. The Kier molecular flexibility index (Phi) is 5.79. The van der Waals surface area contributed by atoms with E-state index in [4.69, 9.17) is 9.84 Å². The Morgan fingerprint density at radius 1 is 1.08 bits per heavy atom. The van der Waals surface area contributed by atoms with Gasteiger partial charge >= 0.3 is 5.97 Å². The molecule has 3 rings (SSSR count). The fourth-order valence-corrected chi connectivity index (χ4v) is 3.13. The zero-order chi connectivity index (χ0) is 17.6. The summed E-state index contributed by atoms with van der Waals surface area (Å²) in [6.07, 6.45) is 2.80. The lowest BCUT2D eigenvalue weighted by Crippen LogP contribution is -2.43. The second kappa shape index (κ2) is 8.23. The molecule has 0 aromatic heterocycles. The maximum absolute atomic E-state index is 13.0. The molecule has 0 aliphatic carbocycles. The third kappa shape index (κ3) is 4.87. The van der Waals surface area contributed by atoms with Crippen LogP contribution in [0.5, 0.6) is 0 Å². The molecular formula is C20H22FNO3. The molecule has 132 valence electrons. The van der Waals surface area contributed by atoms with Crippen molar-refractivity contribution in [1.29, 1.82) is 0 Å². The molecule has 2 aromatic rings. The third-order valence-corrected chi connectivity index (χ3v) is 4.47. The van der Waals surface area contributed by atoms with Gasteiger partial charge in [-0.3, -0.25) is 9.69 Å². The van der Waals surface area contributed by atoms with Gasteiger partial charge in [0.1, 0.15) is 12.0 Å². The number of carboxylic acids is 1. The molecule has 1 saturated heterocycles. The molecule has 1 aliphatic rings. The van der Waals surface area contributed by atoms with E-state index in [1.165, 1.54) is 12.1 Å². The highest BCUT2D eigenvalue weighted by atomic mass is 19.1. The number of carboxylic acid groups (broad SMARTS) is 1. The molecule has 1 fully saturated rings. The van der Waals surface area contributed by atoms with Gasteiger partial charge in [-0.2, -0.15) is 0 Å². The minimum absolute atomic E-state index is 0.0220. The largest absolute Gasteiger partial charge is 0.480 e. The molecule has 1 atom stereocenters. The monoisotopic (exact) mass is 343 g/mol. The first-order chi connectivity index (χ1) is 12.1. The van der Waals surface area contributed by atoms with Crippen LogP contribution in [0.1, 0.15) is 24.8 Å². The molecule has 0 bridgehead atoms.